The number of aromatic carboxylic acids is 1. The van der Waals surface area contributed by atoms with E-state index in [0.29, 0.717) is 5.95 Å². The molecule has 0 fully saturated rings. The molecule has 4 aromatic rings. The monoisotopic (exact) mass is 412 g/mol. The Morgan fingerprint density at radius 2 is 1.68 bits per heavy atom. The van der Waals surface area contributed by atoms with Gasteiger partial charge in [-0.2, -0.15) is 0 Å². The summed E-state index contributed by atoms with van der Waals surface area (Å²) < 4.78 is 0. The van der Waals surface area contributed by atoms with Gasteiger partial charge in [-0.05, 0) is 31.2 Å². The molecule has 0 bridgehead atoms. The second-order valence-corrected chi connectivity index (χ2v) is 7.03. The average molecular weight is 412 g/mol. The van der Waals surface area contributed by atoms with Crippen molar-refractivity contribution in [1.29, 1.82) is 0 Å². The Labute approximate surface area is 178 Å². The highest BCUT2D eigenvalue weighted by molar-refractivity contribution is 6.01. The van der Waals surface area contributed by atoms with Crippen LogP contribution in [0.3, 0.4) is 0 Å². The van der Waals surface area contributed by atoms with E-state index in [1.807, 2.05) is 55.5 Å². The second-order valence-electron chi connectivity index (χ2n) is 7.03. The van der Waals surface area contributed by atoms with Crippen LogP contribution in [0.4, 0.5) is 11.6 Å². The molecule has 0 saturated heterocycles. The number of para-hydroxylation sites is 1. The third-order valence-corrected chi connectivity index (χ3v) is 4.74. The number of carboxylic acids is 1. The van der Waals surface area contributed by atoms with Crippen molar-refractivity contribution in [1.82, 2.24) is 9.97 Å². The molecule has 3 N–H and O–H groups in total. The molecule has 0 aliphatic carbocycles. The van der Waals surface area contributed by atoms with Crippen molar-refractivity contribution in [2.75, 3.05) is 17.2 Å². The lowest BCUT2D eigenvalue weighted by atomic mass is 10.0. The standard InChI is InChI=1S/C24H20N4O3/c1-15-11-12-20-18(13-15)22(16-7-3-2-4-8-16)28-24(27-20)25-14-21(29)26-19-10-6-5-9-17(19)23(30)31/h2-13H,14H2,1H3,(H,26,29)(H,30,31)(H,25,27,28). The van der Waals surface area contributed by atoms with Gasteiger partial charge in [0, 0.05) is 10.9 Å². The zero-order valence-electron chi connectivity index (χ0n) is 16.8. The quantitative estimate of drug-likeness (QED) is 0.435. The number of carbonyl (C=O) groups excluding carboxylic acids is 1. The van der Waals surface area contributed by atoms with Gasteiger partial charge in [0.15, 0.2) is 0 Å². The van der Waals surface area contributed by atoms with Crippen molar-refractivity contribution in [2.24, 2.45) is 0 Å². The highest BCUT2D eigenvalue weighted by Gasteiger charge is 2.13. The number of aromatic nitrogens is 2. The second kappa shape index (κ2) is 8.62. The van der Waals surface area contributed by atoms with Gasteiger partial charge in [0.1, 0.15) is 0 Å². The predicted octanol–water partition coefficient (Wildman–Crippen LogP) is 4.35. The first-order chi connectivity index (χ1) is 15.0. The molecular formula is C24H20N4O3. The number of amides is 1. The van der Waals surface area contributed by atoms with Crippen LogP contribution in [0.15, 0.2) is 72.8 Å². The lowest BCUT2D eigenvalue weighted by molar-refractivity contribution is -0.114. The van der Waals surface area contributed by atoms with Crippen LogP contribution in [0.25, 0.3) is 22.2 Å². The largest absolute Gasteiger partial charge is 0.478 e. The van der Waals surface area contributed by atoms with E-state index >= 15 is 0 Å². The molecule has 7 nitrogen and oxygen atoms in total. The van der Waals surface area contributed by atoms with E-state index in [1.165, 1.54) is 6.07 Å². The summed E-state index contributed by atoms with van der Waals surface area (Å²) in [6.07, 6.45) is 0. The number of benzene rings is 3. The molecule has 7 heteroatoms. The van der Waals surface area contributed by atoms with Gasteiger partial charge in [-0.3, -0.25) is 4.79 Å². The average Bonchev–Trinajstić information content (AvgIpc) is 2.78. The first-order valence-corrected chi connectivity index (χ1v) is 9.71. The number of fused-ring (bicyclic) bond motifs is 1. The van der Waals surface area contributed by atoms with Crippen LogP contribution in [-0.4, -0.2) is 33.5 Å². The van der Waals surface area contributed by atoms with Gasteiger partial charge >= 0.3 is 5.97 Å². The number of anilines is 2. The Bertz CT molecular complexity index is 1270. The van der Waals surface area contributed by atoms with Crippen LogP contribution < -0.4 is 10.6 Å². The molecule has 1 amide bonds. The number of aryl methyl sites for hydroxylation is 1. The number of rotatable bonds is 6. The van der Waals surface area contributed by atoms with Gasteiger partial charge in [-0.15, -0.1) is 0 Å². The fourth-order valence-electron chi connectivity index (χ4n) is 3.27. The minimum absolute atomic E-state index is 0.0274. The summed E-state index contributed by atoms with van der Waals surface area (Å²) in [5.41, 5.74) is 3.85. The Balaban J connectivity index is 1.59. The number of nitrogens with one attached hydrogen (secondary N) is 2. The molecule has 0 unspecified atom stereocenters. The van der Waals surface area contributed by atoms with Gasteiger partial charge in [-0.1, -0.05) is 54.1 Å². The van der Waals surface area contributed by atoms with Gasteiger partial charge in [0.2, 0.25) is 11.9 Å². The lowest BCUT2D eigenvalue weighted by Gasteiger charge is -2.12. The predicted molar refractivity (Wildman–Crippen MR) is 120 cm³/mol. The summed E-state index contributed by atoms with van der Waals surface area (Å²) in [5, 5.41) is 15.7. The Hall–Kier alpha value is -4.26. The zero-order valence-corrected chi connectivity index (χ0v) is 16.8. The van der Waals surface area contributed by atoms with E-state index in [9.17, 15) is 14.7 Å². The molecular weight excluding hydrogens is 392 g/mol. The molecule has 3 aromatic carbocycles. The summed E-state index contributed by atoms with van der Waals surface area (Å²) >= 11 is 0. The van der Waals surface area contributed by atoms with Crippen molar-refractivity contribution < 1.29 is 14.7 Å². The molecule has 0 aliphatic heterocycles. The summed E-state index contributed by atoms with van der Waals surface area (Å²) in [6.45, 7) is 1.90. The molecule has 154 valence electrons. The Morgan fingerprint density at radius 1 is 0.935 bits per heavy atom. The van der Waals surface area contributed by atoms with E-state index in [4.69, 9.17) is 0 Å². The van der Waals surface area contributed by atoms with E-state index in [1.54, 1.807) is 18.2 Å². The summed E-state index contributed by atoms with van der Waals surface area (Å²) in [4.78, 5) is 32.9. The van der Waals surface area contributed by atoms with Crippen LogP contribution in [0.2, 0.25) is 0 Å². The molecule has 1 heterocycles. The lowest BCUT2D eigenvalue weighted by Crippen LogP contribution is -2.23. The van der Waals surface area contributed by atoms with Crippen LogP contribution in [0, 0.1) is 6.92 Å². The Kier molecular flexibility index (Phi) is 5.57. The maximum Gasteiger partial charge on any atom is 0.337 e. The molecule has 4 rings (SSSR count). The summed E-state index contributed by atoms with van der Waals surface area (Å²) in [6, 6.07) is 22.0. The van der Waals surface area contributed by atoms with E-state index in [2.05, 4.69) is 20.6 Å². The fourth-order valence-corrected chi connectivity index (χ4v) is 3.27. The highest BCUT2D eigenvalue weighted by atomic mass is 16.4. The Morgan fingerprint density at radius 3 is 2.45 bits per heavy atom. The molecule has 0 atom stereocenters. The van der Waals surface area contributed by atoms with Gasteiger partial charge in [0.25, 0.3) is 0 Å². The van der Waals surface area contributed by atoms with Crippen LogP contribution in [0.1, 0.15) is 15.9 Å². The third-order valence-electron chi connectivity index (χ3n) is 4.74. The normalized spacial score (nSPS) is 10.6. The van der Waals surface area contributed by atoms with Crippen molar-refractivity contribution in [3.05, 3.63) is 83.9 Å². The maximum atomic E-state index is 12.4. The van der Waals surface area contributed by atoms with Crippen molar-refractivity contribution in [3.63, 3.8) is 0 Å². The van der Waals surface area contributed by atoms with Gasteiger partial charge in [-0.25, -0.2) is 14.8 Å². The fraction of sp³-hybridized carbons (Fsp3) is 0.0833. The zero-order chi connectivity index (χ0) is 21.8. The first kappa shape index (κ1) is 20.0. The van der Waals surface area contributed by atoms with E-state index in [-0.39, 0.29) is 17.8 Å². The van der Waals surface area contributed by atoms with Crippen LogP contribution in [-0.2, 0) is 4.79 Å². The van der Waals surface area contributed by atoms with Crippen molar-refractivity contribution in [3.8, 4) is 11.3 Å². The maximum absolute atomic E-state index is 12.4. The molecule has 0 radical (unpaired) electrons. The molecule has 0 aliphatic rings. The van der Waals surface area contributed by atoms with Crippen LogP contribution >= 0.6 is 0 Å². The van der Waals surface area contributed by atoms with Crippen LogP contribution in [0.5, 0.6) is 0 Å². The number of carboxylic acid groups (broad SMARTS) is 1. The van der Waals surface area contributed by atoms with Gasteiger partial charge in [0.05, 0.1) is 29.0 Å². The number of carbonyl (C=O) groups is 2. The minimum atomic E-state index is -1.11. The number of hydrogen-bond acceptors (Lipinski definition) is 5. The summed E-state index contributed by atoms with van der Waals surface area (Å²) in [5.74, 6) is -1.19. The minimum Gasteiger partial charge on any atom is -0.478 e. The van der Waals surface area contributed by atoms with Gasteiger partial charge < -0.3 is 15.7 Å². The molecule has 0 saturated carbocycles. The molecule has 31 heavy (non-hydrogen) atoms. The third kappa shape index (κ3) is 4.51. The summed E-state index contributed by atoms with van der Waals surface area (Å²) in [7, 11) is 0. The SMILES string of the molecule is Cc1ccc2nc(NCC(=O)Nc3ccccc3C(=O)O)nc(-c3ccccc3)c2c1. The highest BCUT2D eigenvalue weighted by Crippen LogP contribution is 2.28. The number of hydrogen-bond donors (Lipinski definition) is 3. The smallest absolute Gasteiger partial charge is 0.337 e. The number of nitrogens with zero attached hydrogens (tertiary/aromatic N) is 2. The van der Waals surface area contributed by atoms with E-state index in [0.717, 1.165) is 27.7 Å². The van der Waals surface area contributed by atoms with Crippen molar-refractivity contribution in [2.45, 2.75) is 6.92 Å². The molecule has 0 spiro atoms. The van der Waals surface area contributed by atoms with Crippen molar-refractivity contribution >= 4 is 34.4 Å². The van der Waals surface area contributed by atoms with E-state index < -0.39 is 11.9 Å². The topological polar surface area (TPSA) is 104 Å². The first-order valence-electron chi connectivity index (χ1n) is 9.71. The molecule has 1 aromatic heterocycles.